The fourth-order valence-electron chi connectivity index (χ4n) is 4.41. The molecule has 4 aromatic rings. The van der Waals surface area contributed by atoms with E-state index in [4.69, 9.17) is 4.99 Å². The third-order valence-electron chi connectivity index (χ3n) is 6.31. The summed E-state index contributed by atoms with van der Waals surface area (Å²) in [5.74, 6) is 0.175. The molecule has 0 spiro atoms. The van der Waals surface area contributed by atoms with Gasteiger partial charge in [0, 0.05) is 5.69 Å². The van der Waals surface area contributed by atoms with E-state index in [9.17, 15) is 9.59 Å². The zero-order valence-electron chi connectivity index (χ0n) is 20.4. The molecule has 0 aliphatic carbocycles. The predicted octanol–water partition coefficient (Wildman–Crippen LogP) is 5.00. The van der Waals surface area contributed by atoms with Gasteiger partial charge in [0.1, 0.15) is 0 Å². The van der Waals surface area contributed by atoms with Crippen molar-refractivity contribution >= 4 is 29.0 Å². The lowest BCUT2D eigenvalue weighted by Crippen LogP contribution is -2.40. The summed E-state index contributed by atoms with van der Waals surface area (Å²) in [5, 5.41) is 2.98. The van der Waals surface area contributed by atoms with Gasteiger partial charge in [0.2, 0.25) is 0 Å². The maximum Gasteiger partial charge on any atom is 0.271 e. The van der Waals surface area contributed by atoms with E-state index in [1.807, 2.05) is 85.8 Å². The number of hydrogen-bond acceptors (Lipinski definition) is 4. The van der Waals surface area contributed by atoms with E-state index < -0.39 is 6.04 Å². The lowest BCUT2D eigenvalue weighted by Gasteiger charge is -2.25. The number of amides is 1. The molecule has 180 valence electrons. The normalized spacial score (nSPS) is 15.6. The molecule has 1 aliphatic heterocycles. The van der Waals surface area contributed by atoms with Crippen molar-refractivity contribution < 1.29 is 4.79 Å². The Morgan fingerprint density at radius 1 is 0.972 bits per heavy atom. The van der Waals surface area contributed by atoms with E-state index in [-0.39, 0.29) is 11.5 Å². The number of benzene rings is 3. The summed E-state index contributed by atoms with van der Waals surface area (Å²) in [4.78, 5) is 32.6. The highest BCUT2D eigenvalue weighted by atomic mass is 32.1. The van der Waals surface area contributed by atoms with Gasteiger partial charge in [0.25, 0.3) is 11.5 Å². The molecule has 0 saturated carbocycles. The van der Waals surface area contributed by atoms with Crippen LogP contribution in [0.5, 0.6) is 0 Å². The van der Waals surface area contributed by atoms with E-state index in [2.05, 4.69) is 31.3 Å². The van der Waals surface area contributed by atoms with Gasteiger partial charge < -0.3 is 5.32 Å². The van der Waals surface area contributed by atoms with Crippen molar-refractivity contribution in [1.82, 2.24) is 4.57 Å². The molecule has 0 fully saturated rings. The number of anilines is 1. The second-order valence-electron chi connectivity index (χ2n) is 9.13. The first-order valence-electron chi connectivity index (χ1n) is 12.0. The molecule has 1 atom stereocenters. The topological polar surface area (TPSA) is 63.5 Å². The van der Waals surface area contributed by atoms with Gasteiger partial charge in [-0.25, -0.2) is 4.99 Å². The molecular weight excluding hydrogens is 466 g/mol. The van der Waals surface area contributed by atoms with Gasteiger partial charge in [-0.05, 0) is 47.7 Å². The van der Waals surface area contributed by atoms with Gasteiger partial charge >= 0.3 is 0 Å². The number of hydrogen-bond donors (Lipinski definition) is 1. The monoisotopic (exact) mass is 493 g/mol. The van der Waals surface area contributed by atoms with Crippen molar-refractivity contribution in [3.05, 3.63) is 133 Å². The average Bonchev–Trinajstić information content (AvgIpc) is 3.18. The van der Waals surface area contributed by atoms with Gasteiger partial charge in [-0.15, -0.1) is 0 Å². The molecule has 5 rings (SSSR count). The highest BCUT2D eigenvalue weighted by Gasteiger charge is 2.32. The van der Waals surface area contributed by atoms with Crippen LogP contribution in [-0.4, -0.2) is 10.5 Å². The molecule has 2 heterocycles. The Morgan fingerprint density at radius 2 is 1.61 bits per heavy atom. The van der Waals surface area contributed by atoms with Crippen LogP contribution in [0.2, 0.25) is 0 Å². The standard InChI is InChI=1S/C30H27N3O2S/c1-19(2)22-16-14-21(15-17-22)18-25-29(35)33-27(23-10-6-4-7-11-23)26(20(3)31-30(33)36-25)28(34)32-24-12-8-5-9-13-24/h4-19,27H,1-3H3,(H,32,34)/b25-18-. The molecule has 36 heavy (non-hydrogen) atoms. The van der Waals surface area contributed by atoms with E-state index in [1.165, 1.54) is 16.9 Å². The van der Waals surface area contributed by atoms with Crippen molar-refractivity contribution in [2.24, 2.45) is 4.99 Å². The second kappa shape index (κ2) is 9.91. The number of allylic oxidation sites excluding steroid dienone is 1. The average molecular weight is 494 g/mol. The highest BCUT2D eigenvalue weighted by Crippen LogP contribution is 2.30. The van der Waals surface area contributed by atoms with Crippen LogP contribution in [0.15, 0.2) is 106 Å². The number of para-hydroxylation sites is 1. The molecule has 1 unspecified atom stereocenters. The van der Waals surface area contributed by atoms with Crippen molar-refractivity contribution in [3.63, 3.8) is 0 Å². The summed E-state index contributed by atoms with van der Waals surface area (Å²) in [6, 6.07) is 26.7. The Labute approximate surface area is 213 Å². The zero-order chi connectivity index (χ0) is 25.2. The van der Waals surface area contributed by atoms with E-state index >= 15 is 0 Å². The van der Waals surface area contributed by atoms with Gasteiger partial charge in [0.05, 0.1) is 21.8 Å². The first kappa shape index (κ1) is 23.7. The van der Waals surface area contributed by atoms with Crippen LogP contribution in [0.25, 0.3) is 6.08 Å². The van der Waals surface area contributed by atoms with Crippen molar-refractivity contribution in [3.8, 4) is 0 Å². The largest absolute Gasteiger partial charge is 0.322 e. The lowest BCUT2D eigenvalue weighted by atomic mass is 9.95. The Balaban J connectivity index is 1.63. The molecule has 5 nitrogen and oxygen atoms in total. The van der Waals surface area contributed by atoms with Gasteiger partial charge in [-0.3, -0.25) is 14.2 Å². The van der Waals surface area contributed by atoms with Crippen LogP contribution in [0.1, 0.15) is 49.4 Å². The van der Waals surface area contributed by atoms with Gasteiger partial charge in [-0.1, -0.05) is 98.0 Å². The van der Waals surface area contributed by atoms with Crippen molar-refractivity contribution in [1.29, 1.82) is 0 Å². The summed E-state index contributed by atoms with van der Waals surface area (Å²) in [7, 11) is 0. The summed E-state index contributed by atoms with van der Waals surface area (Å²) >= 11 is 1.35. The summed E-state index contributed by atoms with van der Waals surface area (Å²) in [6.45, 7) is 6.15. The van der Waals surface area contributed by atoms with Crippen LogP contribution in [0.4, 0.5) is 5.69 Å². The molecule has 3 aromatic carbocycles. The molecule has 0 bridgehead atoms. The third kappa shape index (κ3) is 4.60. The van der Waals surface area contributed by atoms with Crippen LogP contribution in [0, 0.1) is 0 Å². The van der Waals surface area contributed by atoms with E-state index in [0.717, 1.165) is 11.1 Å². The number of fused-ring (bicyclic) bond motifs is 1. The summed E-state index contributed by atoms with van der Waals surface area (Å²) < 4.78 is 2.24. The predicted molar refractivity (Wildman–Crippen MR) is 146 cm³/mol. The number of thiazole rings is 1. The molecule has 1 amide bonds. The number of aromatic nitrogens is 1. The van der Waals surface area contributed by atoms with Gasteiger partial charge in [-0.2, -0.15) is 0 Å². The second-order valence-corrected chi connectivity index (χ2v) is 10.1. The van der Waals surface area contributed by atoms with Crippen LogP contribution < -0.4 is 20.2 Å². The first-order valence-corrected chi connectivity index (χ1v) is 12.8. The fourth-order valence-corrected chi connectivity index (χ4v) is 5.46. The number of nitrogens with one attached hydrogen (secondary N) is 1. The molecule has 1 aromatic heterocycles. The van der Waals surface area contributed by atoms with E-state index in [0.29, 0.717) is 32.2 Å². The van der Waals surface area contributed by atoms with Crippen LogP contribution in [-0.2, 0) is 4.79 Å². The van der Waals surface area contributed by atoms with E-state index in [1.54, 1.807) is 4.57 Å². The lowest BCUT2D eigenvalue weighted by molar-refractivity contribution is -0.113. The molecule has 0 radical (unpaired) electrons. The smallest absolute Gasteiger partial charge is 0.271 e. The maximum absolute atomic E-state index is 13.7. The molecule has 1 N–H and O–H groups in total. The number of rotatable bonds is 5. The number of nitrogens with zero attached hydrogens (tertiary/aromatic N) is 2. The van der Waals surface area contributed by atoms with Gasteiger partial charge in [0.15, 0.2) is 4.80 Å². The maximum atomic E-state index is 13.7. The molecule has 1 aliphatic rings. The van der Waals surface area contributed by atoms with Crippen LogP contribution >= 0.6 is 11.3 Å². The minimum atomic E-state index is -0.573. The number of carbonyl (C=O) groups is 1. The third-order valence-corrected chi connectivity index (χ3v) is 7.30. The minimum Gasteiger partial charge on any atom is -0.322 e. The summed E-state index contributed by atoms with van der Waals surface area (Å²) in [6.07, 6.45) is 1.90. The SMILES string of the molecule is CC1=C(C(=O)Nc2ccccc2)C(c2ccccc2)n2c(s/c(=C\c3ccc(C(C)C)cc3)c2=O)=N1. The summed E-state index contributed by atoms with van der Waals surface area (Å²) in [5.41, 5.74) is 4.67. The Kier molecular flexibility index (Phi) is 6.53. The Morgan fingerprint density at radius 3 is 2.25 bits per heavy atom. The Bertz CT molecular complexity index is 1610. The molecule has 0 saturated heterocycles. The van der Waals surface area contributed by atoms with Crippen molar-refractivity contribution in [2.75, 3.05) is 5.32 Å². The highest BCUT2D eigenvalue weighted by molar-refractivity contribution is 7.07. The van der Waals surface area contributed by atoms with Crippen LogP contribution in [0.3, 0.4) is 0 Å². The zero-order valence-corrected chi connectivity index (χ0v) is 21.3. The Hall–Kier alpha value is -4.03. The minimum absolute atomic E-state index is 0.155. The quantitative estimate of drug-likeness (QED) is 0.425. The number of carbonyl (C=O) groups excluding carboxylic acids is 1. The fraction of sp³-hybridized carbons (Fsp3) is 0.167. The first-order chi connectivity index (χ1) is 17.4. The molecular formula is C30H27N3O2S. The van der Waals surface area contributed by atoms with Crippen molar-refractivity contribution in [2.45, 2.75) is 32.7 Å². The molecule has 6 heteroatoms.